The number of hydrogen-bond donors (Lipinski definition) is 2. The second-order valence-electron chi connectivity index (χ2n) is 4.14. The van der Waals surface area contributed by atoms with Crippen molar-refractivity contribution in [1.82, 2.24) is 15.5 Å². The number of carbonyl (C=O) groups is 2. The lowest BCUT2D eigenvalue weighted by Gasteiger charge is -2.22. The van der Waals surface area contributed by atoms with Crippen LogP contribution in [-0.4, -0.2) is 36.0 Å². The number of hydrogen-bond acceptors (Lipinski definition) is 3. The van der Waals surface area contributed by atoms with Gasteiger partial charge in [-0.25, -0.2) is 4.79 Å². The molecule has 1 aromatic rings. The summed E-state index contributed by atoms with van der Waals surface area (Å²) in [6.45, 7) is 6.98. The van der Waals surface area contributed by atoms with Crippen LogP contribution in [0.25, 0.3) is 0 Å². The van der Waals surface area contributed by atoms with Gasteiger partial charge in [0, 0.05) is 13.1 Å². The summed E-state index contributed by atoms with van der Waals surface area (Å²) in [5.41, 5.74) is 0. The van der Waals surface area contributed by atoms with Crippen molar-refractivity contribution in [2.24, 2.45) is 0 Å². The Labute approximate surface area is 113 Å². The van der Waals surface area contributed by atoms with Crippen LogP contribution in [0.15, 0.2) is 22.8 Å². The van der Waals surface area contributed by atoms with Crippen LogP contribution in [0.1, 0.15) is 26.5 Å². The Hall–Kier alpha value is -1.98. The zero-order chi connectivity index (χ0) is 14.3. The average Bonchev–Trinajstić information content (AvgIpc) is 2.90. The van der Waals surface area contributed by atoms with Gasteiger partial charge < -0.3 is 20.0 Å². The largest absolute Gasteiger partial charge is 0.467 e. The van der Waals surface area contributed by atoms with E-state index in [2.05, 4.69) is 10.6 Å². The second kappa shape index (κ2) is 7.45. The molecule has 6 heteroatoms. The number of nitrogens with zero attached hydrogens (tertiary/aromatic N) is 1. The summed E-state index contributed by atoms with van der Waals surface area (Å²) in [6.07, 6.45) is 1.55. The van der Waals surface area contributed by atoms with E-state index in [9.17, 15) is 9.59 Å². The fourth-order valence-corrected chi connectivity index (χ4v) is 1.59. The molecule has 6 nitrogen and oxygen atoms in total. The molecule has 0 aliphatic heterocycles. The van der Waals surface area contributed by atoms with E-state index < -0.39 is 6.04 Å². The molecule has 1 atom stereocenters. The van der Waals surface area contributed by atoms with Gasteiger partial charge in [0.1, 0.15) is 11.8 Å². The Morgan fingerprint density at radius 3 is 2.58 bits per heavy atom. The number of rotatable bonds is 6. The highest BCUT2D eigenvalue weighted by molar-refractivity contribution is 5.86. The average molecular weight is 267 g/mol. The molecule has 1 rings (SSSR count). The molecule has 0 fully saturated rings. The smallest absolute Gasteiger partial charge is 0.318 e. The zero-order valence-electron chi connectivity index (χ0n) is 11.6. The van der Waals surface area contributed by atoms with Crippen molar-refractivity contribution in [1.29, 1.82) is 0 Å². The van der Waals surface area contributed by atoms with Crippen LogP contribution >= 0.6 is 0 Å². The number of carbonyl (C=O) groups excluding carboxylic acids is 2. The Kier molecular flexibility index (Phi) is 5.92. The molecule has 1 aromatic heterocycles. The van der Waals surface area contributed by atoms with Gasteiger partial charge in [0.05, 0.1) is 12.8 Å². The van der Waals surface area contributed by atoms with Crippen molar-refractivity contribution in [2.45, 2.75) is 33.4 Å². The predicted octanol–water partition coefficient (Wildman–Crippen LogP) is 1.34. The highest BCUT2D eigenvalue weighted by atomic mass is 16.3. The highest BCUT2D eigenvalue weighted by Gasteiger charge is 2.18. The Balaban J connectivity index is 2.37. The third-order valence-corrected chi connectivity index (χ3v) is 2.80. The molecule has 0 saturated heterocycles. The van der Waals surface area contributed by atoms with E-state index in [1.807, 2.05) is 13.8 Å². The van der Waals surface area contributed by atoms with Gasteiger partial charge >= 0.3 is 6.03 Å². The fraction of sp³-hybridized carbons (Fsp3) is 0.538. The second-order valence-corrected chi connectivity index (χ2v) is 4.14. The van der Waals surface area contributed by atoms with Crippen LogP contribution in [0.2, 0.25) is 0 Å². The van der Waals surface area contributed by atoms with Crippen molar-refractivity contribution in [2.75, 3.05) is 13.1 Å². The summed E-state index contributed by atoms with van der Waals surface area (Å²) < 4.78 is 5.11. The minimum absolute atomic E-state index is 0.231. The zero-order valence-corrected chi connectivity index (χ0v) is 11.6. The van der Waals surface area contributed by atoms with Gasteiger partial charge in [-0.15, -0.1) is 0 Å². The number of amides is 3. The molecule has 3 amide bonds. The van der Waals surface area contributed by atoms with Crippen LogP contribution in [-0.2, 0) is 11.3 Å². The van der Waals surface area contributed by atoms with Crippen molar-refractivity contribution in [3.05, 3.63) is 24.2 Å². The van der Waals surface area contributed by atoms with Gasteiger partial charge in [-0.2, -0.15) is 0 Å². The molecule has 1 heterocycles. The molecule has 19 heavy (non-hydrogen) atoms. The molecule has 0 bridgehead atoms. The third-order valence-electron chi connectivity index (χ3n) is 2.80. The maximum absolute atomic E-state index is 11.8. The number of urea groups is 1. The molecule has 0 aromatic carbocycles. The van der Waals surface area contributed by atoms with Gasteiger partial charge in [0.2, 0.25) is 5.91 Å². The van der Waals surface area contributed by atoms with Crippen LogP contribution < -0.4 is 10.6 Å². The van der Waals surface area contributed by atoms with E-state index in [0.29, 0.717) is 25.4 Å². The lowest BCUT2D eigenvalue weighted by molar-refractivity contribution is -0.122. The topological polar surface area (TPSA) is 74.6 Å². The van der Waals surface area contributed by atoms with E-state index in [0.717, 1.165) is 0 Å². The molecule has 0 aliphatic carbocycles. The van der Waals surface area contributed by atoms with Crippen molar-refractivity contribution >= 4 is 11.9 Å². The summed E-state index contributed by atoms with van der Waals surface area (Å²) in [5, 5.41) is 5.36. The first kappa shape index (κ1) is 15.1. The SMILES string of the molecule is CCN(CC)C(=O)N[C@@H](C)C(=O)NCc1ccco1. The molecule has 0 saturated carbocycles. The van der Waals surface area contributed by atoms with Gasteiger partial charge in [-0.1, -0.05) is 0 Å². The molecule has 0 aliphatic rings. The Bertz CT molecular complexity index is 399. The first-order valence-electron chi connectivity index (χ1n) is 6.44. The van der Waals surface area contributed by atoms with Gasteiger partial charge in [0.15, 0.2) is 0 Å². The van der Waals surface area contributed by atoms with Gasteiger partial charge in [-0.05, 0) is 32.9 Å². The summed E-state index contributed by atoms with van der Waals surface area (Å²) >= 11 is 0. The first-order valence-corrected chi connectivity index (χ1v) is 6.44. The number of nitrogens with one attached hydrogen (secondary N) is 2. The quantitative estimate of drug-likeness (QED) is 0.816. The van der Waals surface area contributed by atoms with Crippen molar-refractivity contribution < 1.29 is 14.0 Å². The first-order chi connectivity index (χ1) is 9.08. The molecule has 2 N–H and O–H groups in total. The van der Waals surface area contributed by atoms with E-state index >= 15 is 0 Å². The third kappa shape index (κ3) is 4.65. The minimum atomic E-state index is -0.580. The van der Waals surface area contributed by atoms with Crippen LogP contribution in [0.4, 0.5) is 4.79 Å². The van der Waals surface area contributed by atoms with E-state index in [1.54, 1.807) is 30.2 Å². The van der Waals surface area contributed by atoms with Gasteiger partial charge in [-0.3, -0.25) is 4.79 Å². The summed E-state index contributed by atoms with van der Waals surface area (Å²) in [5.74, 6) is 0.438. The number of furan rings is 1. The molecular formula is C13H21N3O3. The molecule has 0 radical (unpaired) electrons. The summed E-state index contributed by atoms with van der Waals surface area (Å²) in [4.78, 5) is 25.2. The van der Waals surface area contributed by atoms with Crippen LogP contribution in [0.3, 0.4) is 0 Å². The molecule has 0 unspecified atom stereocenters. The molecular weight excluding hydrogens is 246 g/mol. The predicted molar refractivity (Wildman–Crippen MR) is 71.5 cm³/mol. The standard InChI is InChI=1S/C13H21N3O3/c1-4-16(5-2)13(18)15-10(3)12(17)14-9-11-7-6-8-19-11/h6-8,10H,4-5,9H2,1-3H3,(H,14,17)(H,15,18)/t10-/m0/s1. The van der Waals surface area contributed by atoms with Gasteiger partial charge in [0.25, 0.3) is 0 Å². The molecule has 106 valence electrons. The normalized spacial score (nSPS) is 11.7. The Morgan fingerprint density at radius 1 is 1.37 bits per heavy atom. The van der Waals surface area contributed by atoms with E-state index in [1.165, 1.54) is 0 Å². The highest BCUT2D eigenvalue weighted by Crippen LogP contribution is 1.99. The van der Waals surface area contributed by atoms with Crippen LogP contribution in [0, 0.1) is 0 Å². The van der Waals surface area contributed by atoms with Crippen molar-refractivity contribution in [3.8, 4) is 0 Å². The van der Waals surface area contributed by atoms with E-state index in [4.69, 9.17) is 4.42 Å². The van der Waals surface area contributed by atoms with Crippen LogP contribution in [0.5, 0.6) is 0 Å². The maximum atomic E-state index is 11.8. The fourth-order valence-electron chi connectivity index (χ4n) is 1.59. The minimum Gasteiger partial charge on any atom is -0.467 e. The monoisotopic (exact) mass is 267 g/mol. The summed E-state index contributed by atoms with van der Waals surface area (Å²) in [7, 11) is 0. The van der Waals surface area contributed by atoms with E-state index in [-0.39, 0.29) is 11.9 Å². The van der Waals surface area contributed by atoms with Crippen molar-refractivity contribution in [3.63, 3.8) is 0 Å². The lowest BCUT2D eigenvalue weighted by Crippen LogP contribution is -2.49. The maximum Gasteiger partial charge on any atom is 0.318 e. The Morgan fingerprint density at radius 2 is 2.05 bits per heavy atom. The summed E-state index contributed by atoms with van der Waals surface area (Å²) in [6, 6.07) is 2.72. The lowest BCUT2D eigenvalue weighted by atomic mass is 10.3. The molecule has 0 spiro atoms.